The van der Waals surface area contributed by atoms with Crippen LogP contribution in [0.15, 0.2) is 42.5 Å². The van der Waals surface area contributed by atoms with E-state index in [4.69, 9.17) is 16.3 Å². The van der Waals surface area contributed by atoms with E-state index < -0.39 is 6.10 Å². The summed E-state index contributed by atoms with van der Waals surface area (Å²) in [5.41, 5.74) is 2.71. The van der Waals surface area contributed by atoms with Gasteiger partial charge in [0.15, 0.2) is 0 Å². The van der Waals surface area contributed by atoms with Crippen LogP contribution in [0.3, 0.4) is 0 Å². The predicted molar refractivity (Wildman–Crippen MR) is 77.9 cm³/mol. The van der Waals surface area contributed by atoms with Crippen molar-refractivity contribution in [2.24, 2.45) is 0 Å². The number of aryl methyl sites for hydroxylation is 1. The van der Waals surface area contributed by atoms with Crippen molar-refractivity contribution in [2.45, 2.75) is 19.4 Å². The number of aliphatic hydroxyl groups is 1. The highest BCUT2D eigenvalue weighted by Crippen LogP contribution is 2.33. The largest absolute Gasteiger partial charge is 0.496 e. The van der Waals surface area contributed by atoms with Crippen molar-refractivity contribution in [3.8, 4) is 5.75 Å². The summed E-state index contributed by atoms with van der Waals surface area (Å²) in [5, 5.41) is 11.2. The fraction of sp³-hybridized carbons (Fsp3) is 0.250. The standard InChI is InChI=1S/C16H17ClO2/c1-3-11-6-4-5-7-13(11)16(18)14-10-12(17)8-9-15(14)19-2/h4-10,16,18H,3H2,1-2H3. The molecule has 1 atom stereocenters. The quantitative estimate of drug-likeness (QED) is 0.915. The molecule has 0 bridgehead atoms. The summed E-state index contributed by atoms with van der Waals surface area (Å²) in [6.07, 6.45) is 0.139. The van der Waals surface area contributed by atoms with Gasteiger partial charge in [0.1, 0.15) is 11.9 Å². The van der Waals surface area contributed by atoms with Gasteiger partial charge in [0.2, 0.25) is 0 Å². The molecule has 2 aromatic carbocycles. The fourth-order valence-electron chi connectivity index (χ4n) is 2.21. The first-order chi connectivity index (χ1) is 9.17. The highest BCUT2D eigenvalue weighted by molar-refractivity contribution is 6.30. The molecule has 1 N–H and O–H groups in total. The van der Waals surface area contributed by atoms with Crippen LogP contribution in [0, 0.1) is 0 Å². The lowest BCUT2D eigenvalue weighted by Gasteiger charge is -2.18. The molecule has 2 rings (SSSR count). The van der Waals surface area contributed by atoms with E-state index in [1.165, 1.54) is 0 Å². The molecular formula is C16H17ClO2. The number of ether oxygens (including phenoxy) is 1. The number of hydrogen-bond donors (Lipinski definition) is 1. The highest BCUT2D eigenvalue weighted by atomic mass is 35.5. The number of benzene rings is 2. The number of hydrogen-bond acceptors (Lipinski definition) is 2. The van der Waals surface area contributed by atoms with Gasteiger partial charge in [-0.05, 0) is 35.7 Å². The summed E-state index contributed by atoms with van der Waals surface area (Å²) in [5.74, 6) is 0.641. The summed E-state index contributed by atoms with van der Waals surface area (Å²) >= 11 is 6.01. The van der Waals surface area contributed by atoms with Crippen molar-refractivity contribution in [3.63, 3.8) is 0 Å². The van der Waals surface area contributed by atoms with Gasteiger partial charge in [0.25, 0.3) is 0 Å². The van der Waals surface area contributed by atoms with E-state index in [0.717, 1.165) is 17.5 Å². The van der Waals surface area contributed by atoms with E-state index in [0.29, 0.717) is 16.3 Å². The average Bonchev–Trinajstić information content (AvgIpc) is 2.46. The summed E-state index contributed by atoms with van der Waals surface area (Å²) in [6, 6.07) is 13.1. The smallest absolute Gasteiger partial charge is 0.125 e. The molecule has 0 saturated carbocycles. The molecule has 0 aliphatic carbocycles. The van der Waals surface area contributed by atoms with Gasteiger partial charge in [-0.3, -0.25) is 0 Å². The second kappa shape index (κ2) is 6.09. The second-order valence-corrected chi connectivity index (χ2v) is 4.78. The van der Waals surface area contributed by atoms with E-state index in [-0.39, 0.29) is 0 Å². The van der Waals surface area contributed by atoms with Crippen LogP contribution >= 0.6 is 11.6 Å². The van der Waals surface area contributed by atoms with Crippen LogP contribution in [-0.2, 0) is 6.42 Å². The van der Waals surface area contributed by atoms with Gasteiger partial charge in [0, 0.05) is 10.6 Å². The van der Waals surface area contributed by atoms with Crippen molar-refractivity contribution in [3.05, 3.63) is 64.2 Å². The number of aliphatic hydroxyl groups excluding tert-OH is 1. The molecule has 0 aliphatic heterocycles. The Balaban J connectivity index is 2.49. The molecule has 0 heterocycles. The Morgan fingerprint density at radius 1 is 1.16 bits per heavy atom. The number of rotatable bonds is 4. The average molecular weight is 277 g/mol. The van der Waals surface area contributed by atoms with Crippen LogP contribution < -0.4 is 4.74 Å². The zero-order valence-corrected chi connectivity index (χ0v) is 11.8. The van der Waals surface area contributed by atoms with E-state index in [2.05, 4.69) is 6.92 Å². The van der Waals surface area contributed by atoms with Crippen LogP contribution in [0.25, 0.3) is 0 Å². The van der Waals surface area contributed by atoms with Crippen LogP contribution in [-0.4, -0.2) is 12.2 Å². The van der Waals surface area contributed by atoms with E-state index in [1.807, 2.05) is 24.3 Å². The summed E-state index contributed by atoms with van der Waals surface area (Å²) in [6.45, 7) is 2.07. The maximum atomic E-state index is 10.6. The molecule has 3 heteroatoms. The molecule has 2 nitrogen and oxygen atoms in total. The Kier molecular flexibility index (Phi) is 4.46. The lowest BCUT2D eigenvalue weighted by Crippen LogP contribution is -2.05. The Labute approximate surface area is 118 Å². The minimum Gasteiger partial charge on any atom is -0.496 e. The van der Waals surface area contributed by atoms with Gasteiger partial charge in [-0.2, -0.15) is 0 Å². The van der Waals surface area contributed by atoms with Crippen LogP contribution in [0.2, 0.25) is 5.02 Å². The minimum absolute atomic E-state index is 0.587. The van der Waals surface area contributed by atoms with Crippen molar-refractivity contribution in [1.29, 1.82) is 0 Å². The highest BCUT2D eigenvalue weighted by Gasteiger charge is 2.18. The number of halogens is 1. The third-order valence-electron chi connectivity index (χ3n) is 3.22. The van der Waals surface area contributed by atoms with E-state index in [9.17, 15) is 5.11 Å². The van der Waals surface area contributed by atoms with E-state index >= 15 is 0 Å². The SMILES string of the molecule is CCc1ccccc1C(O)c1cc(Cl)ccc1OC. The molecule has 0 saturated heterocycles. The van der Waals surface area contributed by atoms with Gasteiger partial charge in [0.05, 0.1) is 7.11 Å². The molecule has 0 aromatic heterocycles. The van der Waals surface area contributed by atoms with Crippen LogP contribution in [0.4, 0.5) is 0 Å². The van der Waals surface area contributed by atoms with E-state index in [1.54, 1.807) is 25.3 Å². The Morgan fingerprint density at radius 2 is 1.89 bits per heavy atom. The van der Waals surface area contributed by atoms with Gasteiger partial charge >= 0.3 is 0 Å². The maximum Gasteiger partial charge on any atom is 0.125 e. The predicted octanol–water partition coefficient (Wildman–Crippen LogP) is 3.99. The zero-order valence-electron chi connectivity index (χ0n) is 11.1. The topological polar surface area (TPSA) is 29.5 Å². The van der Waals surface area contributed by atoms with Gasteiger partial charge < -0.3 is 9.84 Å². The molecule has 0 amide bonds. The lowest BCUT2D eigenvalue weighted by atomic mass is 9.95. The fourth-order valence-corrected chi connectivity index (χ4v) is 2.39. The molecule has 100 valence electrons. The Hall–Kier alpha value is -1.51. The Bertz CT molecular complexity index is 566. The summed E-state index contributed by atoms with van der Waals surface area (Å²) < 4.78 is 5.30. The first-order valence-electron chi connectivity index (χ1n) is 6.26. The zero-order chi connectivity index (χ0) is 13.8. The normalized spacial score (nSPS) is 12.2. The second-order valence-electron chi connectivity index (χ2n) is 4.34. The van der Waals surface area contributed by atoms with Crippen LogP contribution in [0.1, 0.15) is 29.7 Å². The molecular weight excluding hydrogens is 260 g/mol. The maximum absolute atomic E-state index is 10.6. The Morgan fingerprint density at radius 3 is 2.58 bits per heavy atom. The summed E-state index contributed by atoms with van der Waals surface area (Å²) in [7, 11) is 1.59. The van der Waals surface area contributed by atoms with Crippen LogP contribution in [0.5, 0.6) is 5.75 Å². The molecule has 0 radical (unpaired) electrons. The van der Waals surface area contributed by atoms with Gasteiger partial charge in [-0.25, -0.2) is 0 Å². The third-order valence-corrected chi connectivity index (χ3v) is 3.45. The first kappa shape index (κ1) is 13.9. The van der Waals surface area contributed by atoms with Crippen molar-refractivity contribution in [1.82, 2.24) is 0 Å². The molecule has 0 aliphatic rings. The molecule has 0 spiro atoms. The molecule has 2 aromatic rings. The van der Waals surface area contributed by atoms with Crippen molar-refractivity contribution in [2.75, 3.05) is 7.11 Å². The van der Waals surface area contributed by atoms with Gasteiger partial charge in [-0.1, -0.05) is 42.8 Å². The van der Waals surface area contributed by atoms with Crippen molar-refractivity contribution >= 4 is 11.6 Å². The first-order valence-corrected chi connectivity index (χ1v) is 6.64. The van der Waals surface area contributed by atoms with Gasteiger partial charge in [-0.15, -0.1) is 0 Å². The third kappa shape index (κ3) is 2.91. The minimum atomic E-state index is -0.732. The molecule has 0 fully saturated rings. The number of methoxy groups -OCH3 is 1. The van der Waals surface area contributed by atoms with Crippen molar-refractivity contribution < 1.29 is 9.84 Å². The monoisotopic (exact) mass is 276 g/mol. The lowest BCUT2D eigenvalue weighted by molar-refractivity contribution is 0.213. The summed E-state index contributed by atoms with van der Waals surface area (Å²) in [4.78, 5) is 0. The molecule has 1 unspecified atom stereocenters. The molecule has 19 heavy (non-hydrogen) atoms.